The SMILES string of the molecule is CCOC(=O)C1CCN(CC(=O)Nc2cccc(SC)c2)CC1. The number of piperidine rings is 1. The summed E-state index contributed by atoms with van der Waals surface area (Å²) < 4.78 is 5.06. The van der Waals surface area contributed by atoms with Gasteiger partial charge in [-0.2, -0.15) is 0 Å². The number of benzene rings is 1. The molecule has 126 valence electrons. The number of nitrogens with one attached hydrogen (secondary N) is 1. The van der Waals surface area contributed by atoms with Gasteiger partial charge in [0, 0.05) is 10.6 Å². The van der Waals surface area contributed by atoms with E-state index in [1.165, 1.54) is 0 Å². The minimum atomic E-state index is -0.106. The van der Waals surface area contributed by atoms with Crippen molar-refractivity contribution in [3.05, 3.63) is 24.3 Å². The number of carbonyl (C=O) groups is 2. The van der Waals surface area contributed by atoms with Crippen LogP contribution in [-0.4, -0.2) is 49.3 Å². The first-order valence-electron chi connectivity index (χ1n) is 7.95. The van der Waals surface area contributed by atoms with Gasteiger partial charge in [-0.3, -0.25) is 14.5 Å². The fraction of sp³-hybridized carbons (Fsp3) is 0.529. The zero-order valence-electron chi connectivity index (χ0n) is 13.7. The summed E-state index contributed by atoms with van der Waals surface area (Å²) in [4.78, 5) is 27.1. The Kier molecular flexibility index (Phi) is 6.92. The minimum absolute atomic E-state index is 0.0159. The van der Waals surface area contributed by atoms with Gasteiger partial charge >= 0.3 is 5.97 Å². The largest absolute Gasteiger partial charge is 0.466 e. The van der Waals surface area contributed by atoms with Gasteiger partial charge in [0.1, 0.15) is 0 Å². The fourth-order valence-electron chi connectivity index (χ4n) is 2.69. The lowest BCUT2D eigenvalue weighted by atomic mass is 9.97. The summed E-state index contributed by atoms with van der Waals surface area (Å²) in [7, 11) is 0. The average Bonchev–Trinajstić information content (AvgIpc) is 2.55. The highest BCUT2D eigenvalue weighted by Gasteiger charge is 2.26. The lowest BCUT2D eigenvalue weighted by Crippen LogP contribution is -2.41. The Morgan fingerprint density at radius 1 is 1.35 bits per heavy atom. The predicted octanol–water partition coefficient (Wildman–Crippen LogP) is 2.62. The third-order valence-electron chi connectivity index (χ3n) is 3.93. The molecule has 0 bridgehead atoms. The molecule has 1 aliphatic rings. The van der Waals surface area contributed by atoms with Crippen molar-refractivity contribution in [1.82, 2.24) is 4.90 Å². The van der Waals surface area contributed by atoms with E-state index in [2.05, 4.69) is 10.2 Å². The number of rotatable bonds is 6. The molecule has 23 heavy (non-hydrogen) atoms. The molecule has 0 radical (unpaired) electrons. The summed E-state index contributed by atoms with van der Waals surface area (Å²) in [6.45, 7) is 4.11. The predicted molar refractivity (Wildman–Crippen MR) is 92.6 cm³/mol. The molecular weight excluding hydrogens is 312 g/mol. The maximum atomic E-state index is 12.1. The molecule has 1 amide bonds. The van der Waals surface area contributed by atoms with Gasteiger partial charge in [-0.05, 0) is 57.3 Å². The third-order valence-corrected chi connectivity index (χ3v) is 4.65. The Bertz CT molecular complexity index is 542. The number of hydrogen-bond donors (Lipinski definition) is 1. The number of nitrogens with zero attached hydrogens (tertiary/aromatic N) is 1. The van der Waals surface area contributed by atoms with Crippen molar-refractivity contribution in [2.45, 2.75) is 24.7 Å². The number of likely N-dealkylation sites (tertiary alicyclic amines) is 1. The Hall–Kier alpha value is -1.53. The van der Waals surface area contributed by atoms with Crippen molar-refractivity contribution in [3.63, 3.8) is 0 Å². The standard InChI is InChI=1S/C17H24N2O3S/c1-3-22-17(21)13-7-9-19(10-8-13)12-16(20)18-14-5-4-6-15(11-14)23-2/h4-6,11,13H,3,7-10,12H2,1-2H3,(H,18,20). The highest BCUT2D eigenvalue weighted by atomic mass is 32.2. The molecule has 0 atom stereocenters. The fourth-order valence-corrected chi connectivity index (χ4v) is 3.15. The summed E-state index contributed by atoms with van der Waals surface area (Å²) in [5.74, 6) is -0.143. The zero-order chi connectivity index (χ0) is 16.7. The number of anilines is 1. The van der Waals surface area contributed by atoms with Crippen LogP contribution >= 0.6 is 11.8 Å². The van der Waals surface area contributed by atoms with E-state index in [1.54, 1.807) is 11.8 Å². The van der Waals surface area contributed by atoms with Gasteiger partial charge in [-0.15, -0.1) is 11.8 Å². The normalized spacial score (nSPS) is 16.1. The Morgan fingerprint density at radius 3 is 2.74 bits per heavy atom. The van der Waals surface area contributed by atoms with E-state index in [4.69, 9.17) is 4.74 Å². The number of thioether (sulfide) groups is 1. The molecule has 0 aromatic heterocycles. The van der Waals surface area contributed by atoms with Crippen LogP contribution < -0.4 is 5.32 Å². The van der Waals surface area contributed by atoms with Crippen molar-refractivity contribution in [1.29, 1.82) is 0 Å². The molecule has 6 heteroatoms. The molecular formula is C17H24N2O3S. The first-order valence-corrected chi connectivity index (χ1v) is 9.17. The van der Waals surface area contributed by atoms with Crippen molar-refractivity contribution in [3.8, 4) is 0 Å². The maximum absolute atomic E-state index is 12.1. The monoisotopic (exact) mass is 336 g/mol. The Labute approximate surface area is 141 Å². The van der Waals surface area contributed by atoms with Crippen molar-refractivity contribution >= 4 is 29.3 Å². The lowest BCUT2D eigenvalue weighted by Gasteiger charge is -2.30. The van der Waals surface area contributed by atoms with Crippen LogP contribution in [0.25, 0.3) is 0 Å². The number of amides is 1. The molecule has 1 saturated heterocycles. The van der Waals surface area contributed by atoms with Crippen LogP contribution in [0.3, 0.4) is 0 Å². The second-order valence-corrected chi connectivity index (χ2v) is 6.46. The first kappa shape index (κ1) is 17.8. The first-order chi connectivity index (χ1) is 11.1. The van der Waals surface area contributed by atoms with Gasteiger partial charge in [0.25, 0.3) is 0 Å². The second kappa shape index (κ2) is 8.93. The second-order valence-electron chi connectivity index (χ2n) is 5.58. The lowest BCUT2D eigenvalue weighted by molar-refractivity contribution is -0.149. The molecule has 2 rings (SSSR count). The van der Waals surface area contributed by atoms with E-state index in [9.17, 15) is 9.59 Å². The maximum Gasteiger partial charge on any atom is 0.309 e. The van der Waals surface area contributed by atoms with E-state index in [-0.39, 0.29) is 17.8 Å². The molecule has 0 spiro atoms. The van der Waals surface area contributed by atoms with E-state index in [0.717, 1.165) is 36.5 Å². The van der Waals surface area contributed by atoms with Crippen LogP contribution in [0.4, 0.5) is 5.69 Å². The van der Waals surface area contributed by atoms with Gasteiger partial charge < -0.3 is 10.1 Å². The van der Waals surface area contributed by atoms with Gasteiger partial charge in [0.2, 0.25) is 5.91 Å². The van der Waals surface area contributed by atoms with Crippen LogP contribution in [0.1, 0.15) is 19.8 Å². The van der Waals surface area contributed by atoms with Crippen LogP contribution in [0.15, 0.2) is 29.2 Å². The Morgan fingerprint density at radius 2 is 2.09 bits per heavy atom. The summed E-state index contributed by atoms with van der Waals surface area (Å²) in [5, 5.41) is 2.93. The molecule has 1 aromatic rings. The minimum Gasteiger partial charge on any atom is -0.466 e. The molecule has 1 aliphatic heterocycles. The molecule has 1 aromatic carbocycles. The van der Waals surface area contributed by atoms with E-state index < -0.39 is 0 Å². The summed E-state index contributed by atoms with van der Waals surface area (Å²) >= 11 is 1.65. The smallest absolute Gasteiger partial charge is 0.309 e. The van der Waals surface area contributed by atoms with Crippen molar-refractivity contribution in [2.24, 2.45) is 5.92 Å². The molecule has 5 nitrogen and oxygen atoms in total. The van der Waals surface area contributed by atoms with Gasteiger partial charge in [0.15, 0.2) is 0 Å². The number of carbonyl (C=O) groups excluding carboxylic acids is 2. The quantitative estimate of drug-likeness (QED) is 0.639. The topological polar surface area (TPSA) is 58.6 Å². The molecule has 0 aliphatic carbocycles. The number of esters is 1. The van der Waals surface area contributed by atoms with E-state index in [0.29, 0.717) is 13.2 Å². The zero-order valence-corrected chi connectivity index (χ0v) is 14.5. The summed E-state index contributed by atoms with van der Waals surface area (Å²) in [6.07, 6.45) is 3.52. The third kappa shape index (κ3) is 5.55. The molecule has 1 heterocycles. The van der Waals surface area contributed by atoms with Gasteiger partial charge in [-0.1, -0.05) is 6.07 Å². The van der Waals surface area contributed by atoms with Crippen molar-refractivity contribution < 1.29 is 14.3 Å². The van der Waals surface area contributed by atoms with Crippen LogP contribution in [0.2, 0.25) is 0 Å². The molecule has 0 unspecified atom stereocenters. The van der Waals surface area contributed by atoms with Crippen LogP contribution in [0.5, 0.6) is 0 Å². The Balaban J connectivity index is 1.77. The highest BCUT2D eigenvalue weighted by molar-refractivity contribution is 7.98. The molecule has 1 N–H and O–H groups in total. The van der Waals surface area contributed by atoms with Crippen molar-refractivity contribution in [2.75, 3.05) is 37.8 Å². The van der Waals surface area contributed by atoms with E-state index >= 15 is 0 Å². The number of ether oxygens (including phenoxy) is 1. The van der Waals surface area contributed by atoms with Crippen LogP contribution in [0, 0.1) is 5.92 Å². The average molecular weight is 336 g/mol. The highest BCUT2D eigenvalue weighted by Crippen LogP contribution is 2.20. The summed E-state index contributed by atoms with van der Waals surface area (Å²) in [5.41, 5.74) is 0.822. The molecule has 0 saturated carbocycles. The molecule has 1 fully saturated rings. The van der Waals surface area contributed by atoms with Crippen LogP contribution in [-0.2, 0) is 14.3 Å². The summed E-state index contributed by atoms with van der Waals surface area (Å²) in [6, 6.07) is 7.81. The number of hydrogen-bond acceptors (Lipinski definition) is 5. The van der Waals surface area contributed by atoms with E-state index in [1.807, 2.05) is 37.4 Å². The van der Waals surface area contributed by atoms with Gasteiger partial charge in [-0.25, -0.2) is 0 Å². The van der Waals surface area contributed by atoms with Gasteiger partial charge in [0.05, 0.1) is 19.1 Å².